The van der Waals surface area contributed by atoms with E-state index in [-0.39, 0.29) is 0 Å². The maximum absolute atomic E-state index is 13.1. The van der Waals surface area contributed by atoms with Gasteiger partial charge in [0.2, 0.25) is 5.91 Å². The highest BCUT2D eigenvalue weighted by Crippen LogP contribution is 2.61. The number of nitrogens with zero attached hydrogens (tertiary/aromatic N) is 5. The number of amides is 1. The SMILES string of the molecule is CN(C)c1cnnc(N2CCN(C(=O)CC34CC5CC(CC(C5)C3)C4)CC2)c1. The largest absolute Gasteiger partial charge is 0.376 e. The fraction of sp³-hybridized carbons (Fsp3) is 0.773. The van der Waals surface area contributed by atoms with Crippen molar-refractivity contribution in [1.82, 2.24) is 15.1 Å². The van der Waals surface area contributed by atoms with Crippen molar-refractivity contribution in [3.05, 3.63) is 12.3 Å². The van der Waals surface area contributed by atoms with Crippen LogP contribution in [0.3, 0.4) is 0 Å². The van der Waals surface area contributed by atoms with Gasteiger partial charge in [-0.3, -0.25) is 4.79 Å². The summed E-state index contributed by atoms with van der Waals surface area (Å²) in [4.78, 5) is 19.6. The Labute approximate surface area is 168 Å². The number of carbonyl (C=O) groups is 1. The molecule has 1 aromatic heterocycles. The zero-order valence-electron chi connectivity index (χ0n) is 17.3. The molecule has 6 nitrogen and oxygen atoms in total. The molecule has 0 aromatic carbocycles. The standard InChI is InChI=1S/C22H33N5O/c1-25(2)19-10-20(24-23-15-19)26-3-5-27(6-4-26)21(28)14-22-11-16-7-17(12-22)9-18(8-16)13-22/h10,15-18H,3-9,11-14H2,1-2H3. The Kier molecular flexibility index (Phi) is 4.48. The van der Waals surface area contributed by atoms with E-state index >= 15 is 0 Å². The van der Waals surface area contributed by atoms with Gasteiger partial charge in [0.05, 0.1) is 11.9 Å². The zero-order valence-corrected chi connectivity index (χ0v) is 17.3. The van der Waals surface area contributed by atoms with Gasteiger partial charge < -0.3 is 14.7 Å². The minimum atomic E-state index is 0.342. The average molecular weight is 384 g/mol. The highest BCUT2D eigenvalue weighted by molar-refractivity contribution is 5.77. The predicted octanol–water partition coefficient (Wildman–Crippen LogP) is 2.80. The van der Waals surface area contributed by atoms with Crippen LogP contribution in [-0.4, -0.2) is 61.3 Å². The van der Waals surface area contributed by atoms with Gasteiger partial charge in [0.25, 0.3) is 0 Å². The molecule has 6 rings (SSSR count). The van der Waals surface area contributed by atoms with Crippen LogP contribution in [0.25, 0.3) is 0 Å². The Bertz CT molecular complexity index is 705. The minimum absolute atomic E-state index is 0.342. The van der Waals surface area contributed by atoms with E-state index in [0.29, 0.717) is 11.3 Å². The van der Waals surface area contributed by atoms with Crippen LogP contribution in [0.2, 0.25) is 0 Å². The summed E-state index contributed by atoms with van der Waals surface area (Å²) in [6.07, 6.45) is 10.9. The highest BCUT2D eigenvalue weighted by Gasteiger charge is 2.51. The molecule has 5 aliphatic rings. The first-order valence-corrected chi connectivity index (χ1v) is 11.0. The Balaban J connectivity index is 1.19. The first-order chi connectivity index (χ1) is 13.5. The molecule has 1 aromatic rings. The van der Waals surface area contributed by atoms with Crippen LogP contribution in [-0.2, 0) is 4.79 Å². The number of hydrogen-bond donors (Lipinski definition) is 0. The van der Waals surface area contributed by atoms with Crippen molar-refractivity contribution in [3.63, 3.8) is 0 Å². The molecule has 0 radical (unpaired) electrons. The van der Waals surface area contributed by atoms with Gasteiger partial charge in [0.15, 0.2) is 5.82 Å². The quantitative estimate of drug-likeness (QED) is 0.800. The molecular formula is C22H33N5O. The smallest absolute Gasteiger partial charge is 0.223 e. The molecule has 6 heteroatoms. The van der Waals surface area contributed by atoms with Crippen molar-refractivity contribution in [1.29, 1.82) is 0 Å². The molecule has 4 saturated carbocycles. The van der Waals surface area contributed by atoms with E-state index in [1.165, 1.54) is 38.5 Å². The van der Waals surface area contributed by atoms with Gasteiger partial charge in [0.1, 0.15) is 0 Å². The molecule has 152 valence electrons. The lowest BCUT2D eigenvalue weighted by Gasteiger charge is -2.57. The molecule has 5 fully saturated rings. The van der Waals surface area contributed by atoms with Gasteiger partial charge in [-0.25, -0.2) is 0 Å². The summed E-state index contributed by atoms with van der Waals surface area (Å²) in [6.45, 7) is 3.30. The maximum Gasteiger partial charge on any atom is 0.223 e. The van der Waals surface area contributed by atoms with E-state index in [1.807, 2.05) is 19.0 Å². The fourth-order valence-corrected chi connectivity index (χ4v) is 6.87. The van der Waals surface area contributed by atoms with Crippen molar-refractivity contribution >= 4 is 17.4 Å². The van der Waals surface area contributed by atoms with Crippen LogP contribution < -0.4 is 9.80 Å². The van der Waals surface area contributed by atoms with Crippen LogP contribution in [0, 0.1) is 23.2 Å². The van der Waals surface area contributed by atoms with Crippen LogP contribution >= 0.6 is 0 Å². The van der Waals surface area contributed by atoms with E-state index in [1.54, 1.807) is 6.20 Å². The number of rotatable bonds is 4. The molecule has 1 amide bonds. The first kappa shape index (κ1) is 18.2. The number of hydrogen-bond acceptors (Lipinski definition) is 5. The van der Waals surface area contributed by atoms with Gasteiger partial charge >= 0.3 is 0 Å². The lowest BCUT2D eigenvalue weighted by molar-refractivity contribution is -0.139. The second-order valence-electron chi connectivity index (χ2n) is 10.1. The van der Waals surface area contributed by atoms with Gasteiger partial charge in [-0.1, -0.05) is 0 Å². The van der Waals surface area contributed by atoms with Crippen molar-refractivity contribution < 1.29 is 4.79 Å². The summed E-state index contributed by atoms with van der Waals surface area (Å²) in [5.41, 5.74) is 1.40. The normalized spacial score (nSPS) is 34.0. The van der Waals surface area contributed by atoms with E-state index in [4.69, 9.17) is 0 Å². The van der Waals surface area contributed by atoms with Gasteiger partial charge in [0, 0.05) is 52.8 Å². The lowest BCUT2D eigenvalue weighted by Crippen LogP contribution is -2.52. The molecule has 2 heterocycles. The molecule has 0 spiro atoms. The fourth-order valence-electron chi connectivity index (χ4n) is 6.87. The van der Waals surface area contributed by atoms with Gasteiger partial charge in [-0.05, 0) is 61.7 Å². The van der Waals surface area contributed by atoms with Crippen molar-refractivity contribution in [2.75, 3.05) is 50.1 Å². The highest BCUT2D eigenvalue weighted by atomic mass is 16.2. The molecule has 4 aliphatic carbocycles. The molecule has 28 heavy (non-hydrogen) atoms. The molecular weight excluding hydrogens is 350 g/mol. The van der Waals surface area contributed by atoms with Crippen LogP contribution in [0.5, 0.6) is 0 Å². The van der Waals surface area contributed by atoms with Crippen LogP contribution in [0.4, 0.5) is 11.5 Å². The maximum atomic E-state index is 13.1. The minimum Gasteiger partial charge on any atom is -0.376 e. The summed E-state index contributed by atoms with van der Waals surface area (Å²) in [7, 11) is 4.03. The van der Waals surface area contributed by atoms with Crippen molar-refractivity contribution in [2.45, 2.75) is 44.9 Å². The lowest BCUT2D eigenvalue weighted by atomic mass is 9.49. The molecule has 1 saturated heterocycles. The predicted molar refractivity (Wildman–Crippen MR) is 110 cm³/mol. The Morgan fingerprint density at radius 2 is 1.68 bits per heavy atom. The Morgan fingerprint density at radius 1 is 1.07 bits per heavy atom. The second kappa shape index (κ2) is 6.89. The Hall–Kier alpha value is -1.85. The number of aromatic nitrogens is 2. The number of carbonyl (C=O) groups excluding carboxylic acids is 1. The Morgan fingerprint density at radius 3 is 2.25 bits per heavy atom. The van der Waals surface area contributed by atoms with Gasteiger partial charge in [-0.15, -0.1) is 5.10 Å². The van der Waals surface area contributed by atoms with E-state index in [2.05, 4.69) is 26.1 Å². The van der Waals surface area contributed by atoms with E-state index < -0.39 is 0 Å². The third kappa shape index (κ3) is 3.35. The topological polar surface area (TPSA) is 52.6 Å². The molecule has 0 unspecified atom stereocenters. The van der Waals surface area contributed by atoms with Crippen molar-refractivity contribution in [2.24, 2.45) is 23.2 Å². The van der Waals surface area contributed by atoms with E-state index in [0.717, 1.165) is 61.9 Å². The third-order valence-corrected chi connectivity index (χ3v) is 7.79. The third-order valence-electron chi connectivity index (χ3n) is 7.79. The first-order valence-electron chi connectivity index (χ1n) is 11.0. The molecule has 0 N–H and O–H groups in total. The number of anilines is 2. The summed E-state index contributed by atoms with van der Waals surface area (Å²) in [5.74, 6) is 4.06. The summed E-state index contributed by atoms with van der Waals surface area (Å²) >= 11 is 0. The summed E-state index contributed by atoms with van der Waals surface area (Å²) in [6, 6.07) is 2.08. The zero-order chi connectivity index (χ0) is 19.3. The monoisotopic (exact) mass is 383 g/mol. The van der Waals surface area contributed by atoms with Crippen LogP contribution in [0.15, 0.2) is 12.3 Å². The van der Waals surface area contributed by atoms with E-state index in [9.17, 15) is 4.79 Å². The molecule has 4 bridgehead atoms. The van der Waals surface area contributed by atoms with Gasteiger partial charge in [-0.2, -0.15) is 5.10 Å². The van der Waals surface area contributed by atoms with Crippen LogP contribution in [0.1, 0.15) is 44.9 Å². The van der Waals surface area contributed by atoms with Crippen molar-refractivity contribution in [3.8, 4) is 0 Å². The summed E-state index contributed by atoms with van der Waals surface area (Å²) in [5, 5.41) is 8.45. The second-order valence-corrected chi connectivity index (χ2v) is 10.1. The molecule has 1 aliphatic heterocycles. The average Bonchev–Trinajstić information content (AvgIpc) is 2.67. The number of piperazine rings is 1. The summed E-state index contributed by atoms with van der Waals surface area (Å²) < 4.78 is 0. The molecule has 0 atom stereocenters.